The van der Waals surface area contributed by atoms with E-state index in [2.05, 4.69) is 0 Å². The Labute approximate surface area is 111 Å². The largest absolute Gasteiger partial charge is 0.497 e. The van der Waals surface area contributed by atoms with Crippen molar-refractivity contribution in [2.45, 2.75) is 18.4 Å². The highest BCUT2D eigenvalue weighted by molar-refractivity contribution is 5.41. The molecule has 0 saturated carbocycles. The molecule has 19 heavy (non-hydrogen) atoms. The van der Waals surface area contributed by atoms with Crippen molar-refractivity contribution in [1.29, 1.82) is 0 Å². The lowest BCUT2D eigenvalue weighted by molar-refractivity contribution is 0.0444. The van der Waals surface area contributed by atoms with E-state index in [9.17, 15) is 9.50 Å². The fraction of sp³-hybridized carbons (Fsp3) is 0.250. The van der Waals surface area contributed by atoms with Gasteiger partial charge < -0.3 is 9.84 Å². The van der Waals surface area contributed by atoms with E-state index in [1.165, 1.54) is 13.2 Å². The first-order valence-corrected chi connectivity index (χ1v) is 6.25. The second-order valence-electron chi connectivity index (χ2n) is 5.00. The number of fused-ring (bicyclic) bond motifs is 1. The van der Waals surface area contributed by atoms with Gasteiger partial charge in [-0.25, -0.2) is 4.39 Å². The van der Waals surface area contributed by atoms with Crippen LogP contribution in [0.5, 0.6) is 5.75 Å². The maximum absolute atomic E-state index is 14.1. The normalized spacial score (nSPS) is 16.2. The van der Waals surface area contributed by atoms with Gasteiger partial charge in [-0.2, -0.15) is 0 Å². The molecule has 2 nitrogen and oxygen atoms in total. The first kappa shape index (κ1) is 12.2. The van der Waals surface area contributed by atoms with E-state index in [1.807, 2.05) is 24.3 Å². The summed E-state index contributed by atoms with van der Waals surface area (Å²) in [7, 11) is 1.49. The van der Waals surface area contributed by atoms with Gasteiger partial charge in [0.1, 0.15) is 17.2 Å². The van der Waals surface area contributed by atoms with Gasteiger partial charge in [0, 0.05) is 24.5 Å². The summed E-state index contributed by atoms with van der Waals surface area (Å²) in [4.78, 5) is 0. The zero-order chi connectivity index (χ0) is 13.5. The van der Waals surface area contributed by atoms with E-state index < -0.39 is 11.4 Å². The average Bonchev–Trinajstić information content (AvgIpc) is 2.75. The molecule has 0 atom stereocenters. The van der Waals surface area contributed by atoms with Crippen LogP contribution >= 0.6 is 0 Å². The Bertz CT molecular complexity index is 597. The van der Waals surface area contributed by atoms with Gasteiger partial charge in [0.05, 0.1) is 7.11 Å². The third-order valence-electron chi connectivity index (χ3n) is 3.76. The first-order chi connectivity index (χ1) is 9.12. The Hall–Kier alpha value is -1.87. The summed E-state index contributed by atoms with van der Waals surface area (Å²) in [6.07, 6.45) is 0.902. The van der Waals surface area contributed by atoms with E-state index in [0.29, 0.717) is 24.2 Å². The summed E-state index contributed by atoms with van der Waals surface area (Å²) in [5.41, 5.74) is 1.35. The minimum absolute atomic E-state index is 0.338. The SMILES string of the molecule is COc1ccc(C2(O)Cc3ccccc3C2)c(F)c1. The van der Waals surface area contributed by atoms with E-state index in [4.69, 9.17) is 4.74 Å². The van der Waals surface area contributed by atoms with Gasteiger partial charge in [0.15, 0.2) is 0 Å². The molecule has 1 N–H and O–H groups in total. The second-order valence-corrected chi connectivity index (χ2v) is 5.00. The predicted octanol–water partition coefficient (Wildman–Crippen LogP) is 2.82. The average molecular weight is 258 g/mol. The van der Waals surface area contributed by atoms with Crippen LogP contribution in [-0.4, -0.2) is 12.2 Å². The van der Waals surface area contributed by atoms with Crippen LogP contribution in [0.15, 0.2) is 42.5 Å². The fourth-order valence-corrected chi connectivity index (χ4v) is 2.79. The highest BCUT2D eigenvalue weighted by atomic mass is 19.1. The van der Waals surface area contributed by atoms with Gasteiger partial charge in [-0.05, 0) is 23.3 Å². The Morgan fingerprint density at radius 3 is 2.26 bits per heavy atom. The van der Waals surface area contributed by atoms with E-state index in [1.54, 1.807) is 12.1 Å². The van der Waals surface area contributed by atoms with Crippen molar-refractivity contribution in [3.05, 3.63) is 65.0 Å². The molecule has 0 heterocycles. The van der Waals surface area contributed by atoms with Crippen molar-refractivity contribution in [2.24, 2.45) is 0 Å². The standard InChI is InChI=1S/C16H15FO2/c1-19-13-6-7-14(15(17)8-13)16(18)9-11-4-2-3-5-12(11)10-16/h2-8,18H,9-10H2,1H3. The molecule has 3 heteroatoms. The van der Waals surface area contributed by atoms with Crippen LogP contribution in [0, 0.1) is 5.82 Å². The molecule has 0 saturated heterocycles. The molecule has 0 bridgehead atoms. The smallest absolute Gasteiger partial charge is 0.133 e. The summed E-state index contributed by atoms with van der Waals surface area (Å²) in [5.74, 6) is 0.0371. The highest BCUT2D eigenvalue weighted by Gasteiger charge is 2.38. The lowest BCUT2D eigenvalue weighted by atomic mass is 9.90. The molecule has 0 spiro atoms. The summed E-state index contributed by atoms with van der Waals surface area (Å²) >= 11 is 0. The first-order valence-electron chi connectivity index (χ1n) is 6.25. The van der Waals surface area contributed by atoms with Gasteiger partial charge >= 0.3 is 0 Å². The number of methoxy groups -OCH3 is 1. The van der Waals surface area contributed by atoms with Crippen LogP contribution in [0.1, 0.15) is 16.7 Å². The molecule has 0 aliphatic heterocycles. The van der Waals surface area contributed by atoms with Crippen molar-refractivity contribution in [2.75, 3.05) is 7.11 Å². The second kappa shape index (κ2) is 4.35. The molecule has 98 valence electrons. The summed E-state index contributed by atoms with van der Waals surface area (Å²) in [6, 6.07) is 12.4. The van der Waals surface area contributed by atoms with Crippen molar-refractivity contribution in [3.8, 4) is 5.75 Å². The Balaban J connectivity index is 2.00. The quantitative estimate of drug-likeness (QED) is 0.897. The number of benzene rings is 2. The van der Waals surface area contributed by atoms with Gasteiger partial charge in [0.25, 0.3) is 0 Å². The van der Waals surface area contributed by atoms with Crippen molar-refractivity contribution in [1.82, 2.24) is 0 Å². The summed E-state index contributed by atoms with van der Waals surface area (Å²) < 4.78 is 19.1. The fourth-order valence-electron chi connectivity index (χ4n) is 2.79. The molecule has 0 amide bonds. The zero-order valence-corrected chi connectivity index (χ0v) is 10.7. The molecule has 0 radical (unpaired) electrons. The van der Waals surface area contributed by atoms with Crippen LogP contribution < -0.4 is 4.74 Å². The molecule has 0 unspecified atom stereocenters. The third-order valence-corrected chi connectivity index (χ3v) is 3.76. The van der Waals surface area contributed by atoms with Gasteiger partial charge in [0.2, 0.25) is 0 Å². The molecule has 2 aromatic carbocycles. The monoisotopic (exact) mass is 258 g/mol. The zero-order valence-electron chi connectivity index (χ0n) is 10.7. The summed E-state index contributed by atoms with van der Waals surface area (Å²) in [6.45, 7) is 0. The van der Waals surface area contributed by atoms with Crippen molar-refractivity contribution < 1.29 is 14.2 Å². The molecule has 0 aromatic heterocycles. The van der Waals surface area contributed by atoms with E-state index in [0.717, 1.165) is 11.1 Å². The highest BCUT2D eigenvalue weighted by Crippen LogP contribution is 2.39. The van der Waals surface area contributed by atoms with Gasteiger partial charge in [-0.15, -0.1) is 0 Å². The topological polar surface area (TPSA) is 29.5 Å². The molecule has 2 aromatic rings. The Kier molecular flexibility index (Phi) is 2.79. The number of halogens is 1. The minimum atomic E-state index is -1.15. The van der Waals surface area contributed by atoms with Crippen LogP contribution in [0.25, 0.3) is 0 Å². The predicted molar refractivity (Wildman–Crippen MR) is 70.7 cm³/mol. The van der Waals surface area contributed by atoms with Crippen LogP contribution in [0.4, 0.5) is 4.39 Å². The van der Waals surface area contributed by atoms with Crippen LogP contribution in [0.2, 0.25) is 0 Å². The molecule has 1 aliphatic carbocycles. The maximum atomic E-state index is 14.1. The Morgan fingerprint density at radius 2 is 1.74 bits per heavy atom. The number of ether oxygens (including phenoxy) is 1. The van der Waals surface area contributed by atoms with Crippen molar-refractivity contribution in [3.63, 3.8) is 0 Å². The minimum Gasteiger partial charge on any atom is -0.497 e. The molecule has 0 fully saturated rings. The summed E-state index contributed by atoms with van der Waals surface area (Å²) in [5, 5.41) is 10.7. The third kappa shape index (κ3) is 2.00. The molecule has 3 rings (SSSR count). The number of rotatable bonds is 2. The van der Waals surface area contributed by atoms with Gasteiger partial charge in [-0.3, -0.25) is 0 Å². The van der Waals surface area contributed by atoms with Gasteiger partial charge in [-0.1, -0.05) is 24.3 Å². The van der Waals surface area contributed by atoms with Crippen LogP contribution in [-0.2, 0) is 18.4 Å². The van der Waals surface area contributed by atoms with E-state index >= 15 is 0 Å². The van der Waals surface area contributed by atoms with Crippen molar-refractivity contribution >= 4 is 0 Å². The number of aliphatic hydroxyl groups is 1. The lowest BCUT2D eigenvalue weighted by Gasteiger charge is -2.23. The molecular weight excluding hydrogens is 243 g/mol. The lowest BCUT2D eigenvalue weighted by Crippen LogP contribution is -2.27. The number of hydrogen-bond donors (Lipinski definition) is 1. The molecule has 1 aliphatic rings. The van der Waals surface area contributed by atoms with Crippen LogP contribution in [0.3, 0.4) is 0 Å². The number of hydrogen-bond acceptors (Lipinski definition) is 2. The molecular formula is C16H15FO2. The maximum Gasteiger partial charge on any atom is 0.133 e. The van der Waals surface area contributed by atoms with E-state index in [-0.39, 0.29) is 0 Å². The Morgan fingerprint density at radius 1 is 1.11 bits per heavy atom.